The van der Waals surface area contributed by atoms with Crippen LogP contribution in [-0.4, -0.2) is 58.4 Å². The van der Waals surface area contributed by atoms with Crippen LogP contribution in [0.3, 0.4) is 0 Å². The molecule has 0 aromatic heterocycles. The summed E-state index contributed by atoms with van der Waals surface area (Å²) in [4.78, 5) is 23.4. The number of rotatable bonds is 15. The minimum atomic E-state index is -1.24. The van der Waals surface area contributed by atoms with Gasteiger partial charge < -0.3 is 24.6 Å². The second-order valence-electron chi connectivity index (χ2n) is 6.27. The summed E-state index contributed by atoms with van der Waals surface area (Å²) in [6.07, 6.45) is 7.06. The number of carboxylic acid groups (broad SMARTS) is 2. The van der Waals surface area contributed by atoms with E-state index in [4.69, 9.17) is 0 Å². The maximum atomic E-state index is 11.7. The van der Waals surface area contributed by atoms with Crippen LogP contribution in [0.5, 0.6) is 0 Å². The van der Waals surface area contributed by atoms with Gasteiger partial charge in [-0.15, -0.1) is 6.58 Å². The fourth-order valence-electron chi connectivity index (χ4n) is 3.69. The molecule has 0 fully saturated rings. The molecule has 0 saturated heterocycles. The van der Waals surface area contributed by atoms with Gasteiger partial charge in [0.15, 0.2) is 6.04 Å². The summed E-state index contributed by atoms with van der Waals surface area (Å²) in [6.45, 7) is 7.44. The van der Waals surface area contributed by atoms with Crippen molar-refractivity contribution < 1.29 is 58.9 Å². The maximum absolute atomic E-state index is 11.7. The van der Waals surface area contributed by atoms with Gasteiger partial charge in [0.25, 0.3) is 0 Å². The molecule has 3 unspecified atom stereocenters. The number of aliphatic hydroxyl groups excluding tert-OH is 1. The first-order valence-electron chi connectivity index (χ1n) is 8.93. The molecule has 0 radical (unpaired) electrons. The summed E-state index contributed by atoms with van der Waals surface area (Å²) in [5, 5.41) is 30.8. The Bertz CT molecular complexity index is 381. The fourth-order valence-corrected chi connectivity index (χ4v) is 3.69. The van der Waals surface area contributed by atoms with Crippen molar-refractivity contribution >= 4 is 11.9 Å². The number of carbonyl (C=O) groups excluding carboxylic acids is 1. The zero-order valence-corrected chi connectivity index (χ0v) is 18.1. The number of quaternary nitrogens is 1. The van der Waals surface area contributed by atoms with Gasteiger partial charge in [-0.3, -0.25) is 0 Å². The molecular weight excluding hydrogens is 333 g/mol. The third-order valence-electron chi connectivity index (χ3n) is 4.82. The van der Waals surface area contributed by atoms with E-state index in [9.17, 15) is 24.9 Å². The van der Waals surface area contributed by atoms with Gasteiger partial charge >= 0.3 is 35.5 Å². The van der Waals surface area contributed by atoms with Crippen LogP contribution in [0.15, 0.2) is 12.7 Å². The number of nitrogens with zero attached hydrogens (tertiary/aromatic N) is 1. The number of allylic oxidation sites excluding steroid dienone is 1. The van der Waals surface area contributed by atoms with Crippen molar-refractivity contribution in [3.8, 4) is 0 Å². The van der Waals surface area contributed by atoms with Crippen LogP contribution in [-0.2, 0) is 9.59 Å². The maximum Gasteiger partial charge on any atom is 1.00 e. The molecule has 140 valence electrons. The average molecular weight is 366 g/mol. The number of carboxylic acids is 2. The molecule has 0 spiro atoms. The predicted octanol–water partition coefficient (Wildman–Crippen LogP) is -1.67. The molecule has 0 bridgehead atoms. The second kappa shape index (κ2) is 14.7. The van der Waals surface area contributed by atoms with Gasteiger partial charge in [0.05, 0.1) is 19.1 Å². The van der Waals surface area contributed by atoms with E-state index < -0.39 is 24.0 Å². The van der Waals surface area contributed by atoms with E-state index in [0.29, 0.717) is 13.0 Å². The van der Waals surface area contributed by atoms with Gasteiger partial charge in [-0.05, 0) is 25.7 Å². The van der Waals surface area contributed by atoms with Crippen LogP contribution in [0.2, 0.25) is 0 Å². The Balaban J connectivity index is 0. The number of aliphatic carboxylic acids is 2. The number of hydrogen-bond donors (Lipinski definition) is 2. The van der Waals surface area contributed by atoms with Gasteiger partial charge in [-0.25, -0.2) is 4.79 Å². The first-order valence-corrected chi connectivity index (χ1v) is 8.93. The van der Waals surface area contributed by atoms with E-state index in [-0.39, 0.29) is 53.6 Å². The van der Waals surface area contributed by atoms with E-state index in [2.05, 4.69) is 6.58 Å². The van der Waals surface area contributed by atoms with Crippen LogP contribution < -0.4 is 34.7 Å². The number of aliphatic hydroxyl groups is 1. The third kappa shape index (κ3) is 8.22. The molecule has 0 saturated carbocycles. The molecule has 3 atom stereocenters. The molecule has 0 aliphatic carbocycles. The summed E-state index contributed by atoms with van der Waals surface area (Å²) < 4.78 is -0.136. The number of unbranched alkanes of at least 4 members (excludes halogenated alkanes) is 4. The molecule has 0 amide bonds. The molecule has 0 heterocycles. The number of carbonyl (C=O) groups is 2. The van der Waals surface area contributed by atoms with Crippen molar-refractivity contribution in [2.24, 2.45) is 0 Å². The Kier molecular flexibility index (Phi) is 15.8. The Labute approximate surface area is 173 Å². The summed E-state index contributed by atoms with van der Waals surface area (Å²) in [6, 6.07) is -1.78. The minimum absolute atomic E-state index is 0. The molecule has 7 heteroatoms. The second-order valence-corrected chi connectivity index (χ2v) is 6.27. The Hall–Kier alpha value is -0.400. The Morgan fingerprint density at radius 3 is 2.04 bits per heavy atom. The molecule has 0 aliphatic heterocycles. The number of hydrogen-bond acceptors (Lipinski definition) is 4. The van der Waals surface area contributed by atoms with Crippen molar-refractivity contribution in [2.75, 3.05) is 19.7 Å². The molecule has 0 rings (SSSR count). The van der Waals surface area contributed by atoms with E-state index >= 15 is 0 Å². The first kappa shape index (κ1) is 26.8. The molecule has 2 N–H and O–H groups in total. The smallest absolute Gasteiger partial charge is 0.544 e. The van der Waals surface area contributed by atoms with Crippen molar-refractivity contribution in [1.82, 2.24) is 0 Å². The third-order valence-corrected chi connectivity index (χ3v) is 4.82. The monoisotopic (exact) mass is 366 g/mol. The van der Waals surface area contributed by atoms with E-state index in [1.807, 2.05) is 6.08 Å². The average Bonchev–Trinajstić information content (AvgIpc) is 2.51. The van der Waals surface area contributed by atoms with E-state index in [1.54, 1.807) is 13.8 Å². The van der Waals surface area contributed by atoms with Gasteiger partial charge in [-0.1, -0.05) is 26.3 Å². The summed E-state index contributed by atoms with van der Waals surface area (Å²) in [7, 11) is 0. The van der Waals surface area contributed by atoms with Crippen molar-refractivity contribution in [3.63, 3.8) is 0 Å². The topological polar surface area (TPSA) is 97.7 Å². The summed E-state index contributed by atoms with van der Waals surface area (Å²) in [5.74, 6) is -2.25. The van der Waals surface area contributed by atoms with Crippen LogP contribution >= 0.6 is 0 Å². The van der Waals surface area contributed by atoms with Gasteiger partial charge in [0.2, 0.25) is 0 Å². The van der Waals surface area contributed by atoms with E-state index in [1.165, 1.54) is 0 Å². The first-order chi connectivity index (χ1) is 11.4. The summed E-state index contributed by atoms with van der Waals surface area (Å²) >= 11 is 0. The molecule has 6 nitrogen and oxygen atoms in total. The van der Waals surface area contributed by atoms with Crippen LogP contribution in [0, 0.1) is 0 Å². The van der Waals surface area contributed by atoms with Gasteiger partial charge in [-0.2, -0.15) is 0 Å². The molecule has 0 aromatic rings. The molecule has 25 heavy (non-hydrogen) atoms. The zero-order valence-electron chi connectivity index (χ0n) is 16.1. The van der Waals surface area contributed by atoms with Crippen molar-refractivity contribution in [1.29, 1.82) is 0 Å². The van der Waals surface area contributed by atoms with Crippen LogP contribution in [0.1, 0.15) is 58.8 Å². The summed E-state index contributed by atoms with van der Waals surface area (Å²) in [5.41, 5.74) is 0. The molecule has 0 aromatic carbocycles. The standard InChI is InChI=1S/C18H33NO5.Na/c1-4-7-8-9-10-11-12-19(13-14-20,15(5-2)17(21)22)16(6-3)18(23)24;/h4,15-16,20H,1,5-14H2,2-3H3,(H-,21,22,23,24);/q;+1. The predicted molar refractivity (Wildman–Crippen MR) is 91.2 cm³/mol. The molecular formula is C18H33NNaO5+. The normalized spacial score (nSPS) is 15.5. The Morgan fingerprint density at radius 2 is 1.64 bits per heavy atom. The van der Waals surface area contributed by atoms with Crippen LogP contribution in [0.25, 0.3) is 0 Å². The van der Waals surface area contributed by atoms with Gasteiger partial charge in [0, 0.05) is 12.8 Å². The zero-order chi connectivity index (χ0) is 18.6. The Morgan fingerprint density at radius 1 is 1.08 bits per heavy atom. The van der Waals surface area contributed by atoms with Gasteiger partial charge in [0.1, 0.15) is 12.6 Å². The van der Waals surface area contributed by atoms with E-state index in [0.717, 1.165) is 32.1 Å². The quantitative estimate of drug-likeness (QED) is 0.156. The van der Waals surface area contributed by atoms with Crippen molar-refractivity contribution in [2.45, 2.75) is 70.9 Å². The minimum Gasteiger partial charge on any atom is -0.544 e. The fraction of sp³-hybridized carbons (Fsp3) is 0.778. The van der Waals surface area contributed by atoms with Crippen LogP contribution in [0.4, 0.5) is 0 Å². The largest absolute Gasteiger partial charge is 1.00 e. The molecule has 0 aliphatic rings. The van der Waals surface area contributed by atoms with Crippen molar-refractivity contribution in [3.05, 3.63) is 12.7 Å². The SMILES string of the molecule is C=CCCCCCC[N+](CCO)(C(CC)C(=O)[O-])C(CC)C(=O)O.[Na+].